The number of carboxylic acid groups (broad SMARTS) is 3. The van der Waals surface area contributed by atoms with E-state index >= 15 is 0 Å². The Bertz CT molecular complexity index is 1180. The van der Waals surface area contributed by atoms with E-state index in [2.05, 4.69) is 16.0 Å². The number of amides is 2. The number of hydrogen-bond donors (Lipinski definition) is 10. The van der Waals surface area contributed by atoms with Gasteiger partial charge in [-0.2, -0.15) is 0 Å². The maximum absolute atomic E-state index is 12.6. The monoisotopic (exact) mass is 664 g/mol. The van der Waals surface area contributed by atoms with Crippen LogP contribution in [0.5, 0.6) is 0 Å². The second-order valence-corrected chi connectivity index (χ2v) is 10.3. The molecule has 4 atom stereocenters. The van der Waals surface area contributed by atoms with Crippen LogP contribution < -0.4 is 21.7 Å². The molecule has 0 aliphatic heterocycles. The number of allylic oxidation sites excluding steroid dienone is 9. The first-order valence-electron chi connectivity index (χ1n) is 15.0. The minimum absolute atomic E-state index is 0.0847. The largest absolute Gasteiger partial charge is 0.481 e. The third kappa shape index (κ3) is 23.6. The first-order chi connectivity index (χ1) is 22.2. The fourth-order valence-corrected chi connectivity index (χ4v) is 3.62. The molecule has 0 aromatic rings. The molecular weight excluding hydrogens is 616 g/mol. The molecular formula is C32H48N4O11. The summed E-state index contributed by atoms with van der Waals surface area (Å²) in [7, 11) is 0. The summed E-state index contributed by atoms with van der Waals surface area (Å²) in [5.74, 6) is -7.26. The molecule has 15 heteroatoms. The summed E-state index contributed by atoms with van der Waals surface area (Å²) in [5, 5.41) is 64.5. The average Bonchev–Trinajstić information content (AvgIpc) is 3.00. The Morgan fingerprint density at radius 3 is 2.11 bits per heavy atom. The second kappa shape index (κ2) is 24.8. The predicted molar refractivity (Wildman–Crippen MR) is 174 cm³/mol. The van der Waals surface area contributed by atoms with E-state index in [-0.39, 0.29) is 38.6 Å². The van der Waals surface area contributed by atoms with Crippen LogP contribution in [0.15, 0.2) is 72.9 Å². The summed E-state index contributed by atoms with van der Waals surface area (Å²) < 4.78 is 0. The fourth-order valence-electron chi connectivity index (χ4n) is 3.62. The van der Waals surface area contributed by atoms with Gasteiger partial charge in [-0.3, -0.25) is 24.0 Å². The zero-order valence-electron chi connectivity index (χ0n) is 26.4. The molecule has 2 amide bonds. The lowest BCUT2D eigenvalue weighted by Crippen LogP contribution is -2.55. The van der Waals surface area contributed by atoms with Crippen LogP contribution in [-0.2, 0) is 24.0 Å². The number of carboxylic acids is 3. The minimum atomic E-state index is -1.92. The highest BCUT2D eigenvalue weighted by molar-refractivity contribution is 5.89. The standard InChI is InChI=1S/C32H48N4O11/c1-2-3-12-19-32(46,47)20-13-10-8-6-4-5-7-9-11-14-24(26(37)16-18-28(39)40)34-21-25(30(43)35-22-29(41)42)36-27(38)17-15-23(33)31(44)45/h3-5,7-14,20,23-26,34,37,46-47H,2,6,15-19,21-22,33H2,1H3,(H,35,43)(H,36,38)(H,39,40)(H,41,42)(H,44,45)/b5-4-,9-7+,10-8-,12-3-,14-11+,20-13+/t23-,24+,25-,26-/m0/s1. The van der Waals surface area contributed by atoms with E-state index < -0.39 is 66.3 Å². The van der Waals surface area contributed by atoms with Gasteiger partial charge in [-0.25, -0.2) is 0 Å². The van der Waals surface area contributed by atoms with Gasteiger partial charge in [0.1, 0.15) is 18.6 Å². The van der Waals surface area contributed by atoms with Crippen molar-refractivity contribution in [3.8, 4) is 0 Å². The first kappa shape index (κ1) is 42.6. The number of carbonyl (C=O) groups excluding carboxylic acids is 2. The van der Waals surface area contributed by atoms with Crippen molar-refractivity contribution in [1.82, 2.24) is 16.0 Å². The SMILES string of the molecule is CC/C=C\CC(O)(O)/C=C/C=C\C\C=C/C=C/C=C/[C@@H](NC[C@H](NC(=O)CC[C@H](N)C(=O)O)C(=O)NCC(=O)O)[C@@H](O)CCC(=O)O. The number of rotatable bonds is 25. The van der Waals surface area contributed by atoms with Crippen molar-refractivity contribution in [2.45, 2.75) is 81.9 Å². The highest BCUT2D eigenvalue weighted by Crippen LogP contribution is 2.09. The highest BCUT2D eigenvalue weighted by atomic mass is 16.5. The summed E-state index contributed by atoms with van der Waals surface area (Å²) in [6.45, 7) is 0.921. The third-order valence-corrected chi connectivity index (χ3v) is 6.18. The number of aliphatic carboxylic acids is 3. The smallest absolute Gasteiger partial charge is 0.322 e. The molecule has 15 nitrogen and oxygen atoms in total. The minimum Gasteiger partial charge on any atom is -0.481 e. The van der Waals surface area contributed by atoms with Crippen LogP contribution in [-0.4, -0.2) is 103 Å². The molecule has 0 fully saturated rings. The van der Waals surface area contributed by atoms with E-state index in [1.807, 2.05) is 19.1 Å². The van der Waals surface area contributed by atoms with Gasteiger partial charge in [-0.05, 0) is 31.8 Å². The normalized spacial score (nSPS) is 15.2. The molecule has 0 radical (unpaired) electrons. The molecule has 0 heterocycles. The van der Waals surface area contributed by atoms with Gasteiger partial charge in [0.2, 0.25) is 11.8 Å². The van der Waals surface area contributed by atoms with E-state index in [9.17, 15) is 39.3 Å². The summed E-state index contributed by atoms with van der Waals surface area (Å²) >= 11 is 0. The van der Waals surface area contributed by atoms with E-state index in [0.717, 1.165) is 6.42 Å². The topological polar surface area (TPSA) is 269 Å². The van der Waals surface area contributed by atoms with Gasteiger partial charge in [-0.1, -0.05) is 73.8 Å². The number of nitrogens with two attached hydrogens (primary N) is 1. The zero-order valence-corrected chi connectivity index (χ0v) is 26.4. The molecule has 262 valence electrons. The maximum Gasteiger partial charge on any atom is 0.322 e. The van der Waals surface area contributed by atoms with Crippen LogP contribution in [0.4, 0.5) is 0 Å². The molecule has 0 saturated heterocycles. The van der Waals surface area contributed by atoms with Gasteiger partial charge >= 0.3 is 17.9 Å². The van der Waals surface area contributed by atoms with Crippen molar-refractivity contribution < 1.29 is 54.6 Å². The molecule has 0 saturated carbocycles. The summed E-state index contributed by atoms with van der Waals surface area (Å²) in [5.41, 5.74) is 5.41. The van der Waals surface area contributed by atoms with Gasteiger partial charge in [-0.15, -0.1) is 0 Å². The Labute approximate surface area is 273 Å². The molecule has 0 aromatic carbocycles. The van der Waals surface area contributed by atoms with Crippen molar-refractivity contribution in [3.63, 3.8) is 0 Å². The molecule has 0 spiro atoms. The Morgan fingerprint density at radius 2 is 1.49 bits per heavy atom. The second-order valence-electron chi connectivity index (χ2n) is 10.3. The van der Waals surface area contributed by atoms with Crippen molar-refractivity contribution in [3.05, 3.63) is 72.9 Å². The summed E-state index contributed by atoms with van der Waals surface area (Å²) in [6.07, 6.45) is 19.0. The predicted octanol–water partition coefficient (Wildman–Crippen LogP) is 0.256. The van der Waals surface area contributed by atoms with Crippen LogP contribution in [0.2, 0.25) is 0 Å². The fraction of sp³-hybridized carbons (Fsp3) is 0.469. The van der Waals surface area contributed by atoms with E-state index in [1.54, 1.807) is 42.5 Å². The molecule has 0 bridgehead atoms. The van der Waals surface area contributed by atoms with E-state index in [1.165, 1.54) is 18.2 Å². The van der Waals surface area contributed by atoms with E-state index in [4.69, 9.17) is 21.1 Å². The number of aliphatic hydroxyl groups is 3. The summed E-state index contributed by atoms with van der Waals surface area (Å²) in [6, 6.07) is -3.50. The lowest BCUT2D eigenvalue weighted by atomic mass is 10.0. The van der Waals surface area contributed by atoms with Gasteiger partial charge in [0.15, 0.2) is 5.79 Å². The number of aliphatic hydroxyl groups excluding tert-OH is 1. The maximum atomic E-state index is 12.6. The number of nitrogens with one attached hydrogen (secondary N) is 3. The number of hydrogen-bond acceptors (Lipinski definition) is 10. The van der Waals surface area contributed by atoms with Gasteiger partial charge < -0.3 is 52.3 Å². The van der Waals surface area contributed by atoms with Crippen LogP contribution in [0.1, 0.15) is 51.9 Å². The zero-order chi connectivity index (χ0) is 35.7. The number of carbonyl (C=O) groups is 5. The Kier molecular flexibility index (Phi) is 22.5. The van der Waals surface area contributed by atoms with Gasteiger partial charge in [0.25, 0.3) is 0 Å². The van der Waals surface area contributed by atoms with Crippen LogP contribution in [0.3, 0.4) is 0 Å². The lowest BCUT2D eigenvalue weighted by molar-refractivity contribution is -0.139. The molecule has 0 unspecified atom stereocenters. The molecule has 47 heavy (non-hydrogen) atoms. The first-order valence-corrected chi connectivity index (χ1v) is 15.0. The van der Waals surface area contributed by atoms with Gasteiger partial charge in [0.05, 0.1) is 12.1 Å². The van der Waals surface area contributed by atoms with Crippen LogP contribution >= 0.6 is 0 Å². The highest BCUT2D eigenvalue weighted by Gasteiger charge is 2.25. The molecule has 0 aromatic heterocycles. The lowest BCUT2D eigenvalue weighted by Gasteiger charge is -2.25. The van der Waals surface area contributed by atoms with Gasteiger partial charge in [0, 0.05) is 25.8 Å². The third-order valence-electron chi connectivity index (χ3n) is 6.18. The van der Waals surface area contributed by atoms with Crippen molar-refractivity contribution in [2.75, 3.05) is 13.1 Å². The molecule has 0 rings (SSSR count). The average molecular weight is 665 g/mol. The van der Waals surface area contributed by atoms with Crippen LogP contribution in [0, 0.1) is 0 Å². The quantitative estimate of drug-likeness (QED) is 0.0357. The van der Waals surface area contributed by atoms with E-state index in [0.29, 0.717) is 6.42 Å². The summed E-state index contributed by atoms with van der Waals surface area (Å²) in [4.78, 5) is 57.8. The van der Waals surface area contributed by atoms with Crippen LogP contribution in [0.25, 0.3) is 0 Å². The van der Waals surface area contributed by atoms with Crippen molar-refractivity contribution >= 4 is 29.7 Å². The molecule has 0 aliphatic carbocycles. The Morgan fingerprint density at radius 1 is 0.830 bits per heavy atom. The Balaban J connectivity index is 5.37. The Hall–Kier alpha value is -4.41. The van der Waals surface area contributed by atoms with Crippen molar-refractivity contribution in [2.24, 2.45) is 5.73 Å². The van der Waals surface area contributed by atoms with Crippen molar-refractivity contribution in [1.29, 1.82) is 0 Å². The molecule has 11 N–H and O–H groups in total. The molecule has 0 aliphatic rings.